The van der Waals surface area contributed by atoms with E-state index in [9.17, 15) is 22.4 Å². The third-order valence-corrected chi connectivity index (χ3v) is 4.27. The molecule has 0 radical (unpaired) electrons. The molecule has 1 N–H and O–H groups in total. The first-order valence-corrected chi connectivity index (χ1v) is 8.80. The van der Waals surface area contributed by atoms with Crippen LogP contribution >= 0.6 is 23.2 Å². The minimum atomic E-state index is -4.56. The Labute approximate surface area is 172 Å². The van der Waals surface area contributed by atoms with Crippen molar-refractivity contribution in [1.29, 1.82) is 0 Å². The highest BCUT2D eigenvalue weighted by atomic mass is 35.5. The van der Waals surface area contributed by atoms with Gasteiger partial charge in [-0.25, -0.2) is 4.39 Å². The molecule has 0 saturated carbocycles. The lowest BCUT2D eigenvalue weighted by Crippen LogP contribution is -2.14. The summed E-state index contributed by atoms with van der Waals surface area (Å²) < 4.78 is 57.8. The highest BCUT2D eigenvalue weighted by Crippen LogP contribution is 2.35. The molecule has 0 bridgehead atoms. The maximum atomic E-state index is 13.8. The summed E-state index contributed by atoms with van der Waals surface area (Å²) in [6.07, 6.45) is -4.56. The predicted octanol–water partition coefficient (Wildman–Crippen LogP) is 7.20. The first kappa shape index (κ1) is 21.0. The average molecular weight is 444 g/mol. The molecule has 0 atom stereocenters. The SMILES string of the molecule is O=C(Nc1ccc(Oc2cc(Cl)cc(C(F)(F)F)c2)cc1)c1c(F)cccc1Cl. The van der Waals surface area contributed by atoms with E-state index >= 15 is 0 Å². The van der Waals surface area contributed by atoms with Gasteiger partial charge in [0.1, 0.15) is 17.3 Å². The van der Waals surface area contributed by atoms with Crippen LogP contribution in [0.15, 0.2) is 60.7 Å². The quantitative estimate of drug-likeness (QED) is 0.433. The van der Waals surface area contributed by atoms with E-state index in [2.05, 4.69) is 5.32 Å². The molecule has 0 spiro atoms. The molecule has 0 aliphatic carbocycles. The number of carbonyl (C=O) groups excluding carboxylic acids is 1. The second kappa shape index (κ2) is 8.31. The number of ether oxygens (including phenoxy) is 1. The number of amides is 1. The maximum Gasteiger partial charge on any atom is 0.416 e. The van der Waals surface area contributed by atoms with Crippen LogP contribution in [-0.4, -0.2) is 5.91 Å². The predicted molar refractivity (Wildman–Crippen MR) is 102 cm³/mol. The van der Waals surface area contributed by atoms with Crippen LogP contribution in [0.2, 0.25) is 10.0 Å². The molecule has 150 valence electrons. The van der Waals surface area contributed by atoms with E-state index in [1.54, 1.807) is 0 Å². The summed E-state index contributed by atoms with van der Waals surface area (Å²) in [5.74, 6) is -1.40. The van der Waals surface area contributed by atoms with E-state index < -0.39 is 23.5 Å². The molecule has 9 heteroatoms. The van der Waals surface area contributed by atoms with Gasteiger partial charge in [-0.3, -0.25) is 4.79 Å². The Morgan fingerprint density at radius 3 is 2.24 bits per heavy atom. The van der Waals surface area contributed by atoms with Crippen molar-refractivity contribution in [3.05, 3.63) is 87.7 Å². The van der Waals surface area contributed by atoms with Crippen molar-refractivity contribution in [2.75, 3.05) is 5.32 Å². The smallest absolute Gasteiger partial charge is 0.416 e. The summed E-state index contributed by atoms with van der Waals surface area (Å²) in [5, 5.41) is 2.32. The molecule has 3 aromatic rings. The Hall–Kier alpha value is -2.77. The molecule has 0 heterocycles. The van der Waals surface area contributed by atoms with Crippen molar-refractivity contribution in [3.63, 3.8) is 0 Å². The van der Waals surface area contributed by atoms with Gasteiger partial charge in [-0.15, -0.1) is 0 Å². The van der Waals surface area contributed by atoms with E-state index in [-0.39, 0.29) is 27.1 Å². The van der Waals surface area contributed by atoms with Crippen LogP contribution in [-0.2, 0) is 6.18 Å². The third-order valence-electron chi connectivity index (χ3n) is 3.74. The molecule has 0 aliphatic rings. The fraction of sp³-hybridized carbons (Fsp3) is 0.0500. The molecule has 3 rings (SSSR count). The van der Waals surface area contributed by atoms with E-state index in [4.69, 9.17) is 27.9 Å². The van der Waals surface area contributed by atoms with Gasteiger partial charge in [0.05, 0.1) is 16.1 Å². The van der Waals surface area contributed by atoms with Gasteiger partial charge in [-0.2, -0.15) is 13.2 Å². The topological polar surface area (TPSA) is 38.3 Å². The standard InChI is InChI=1S/C20H11Cl2F4NO2/c21-12-8-11(20(24,25)26)9-15(10-12)29-14-6-4-13(5-7-14)27-19(28)18-16(22)2-1-3-17(18)23/h1-10H,(H,27,28). The van der Waals surface area contributed by atoms with E-state index in [1.807, 2.05) is 0 Å². The fourth-order valence-corrected chi connectivity index (χ4v) is 2.91. The highest BCUT2D eigenvalue weighted by molar-refractivity contribution is 6.34. The Morgan fingerprint density at radius 2 is 1.62 bits per heavy atom. The molecule has 29 heavy (non-hydrogen) atoms. The molecule has 3 nitrogen and oxygen atoms in total. The molecular formula is C20H11Cl2F4NO2. The van der Waals surface area contributed by atoms with E-state index in [0.717, 1.165) is 18.2 Å². The van der Waals surface area contributed by atoms with Crippen molar-refractivity contribution in [1.82, 2.24) is 0 Å². The number of carbonyl (C=O) groups is 1. The summed E-state index contributed by atoms with van der Waals surface area (Å²) in [5.41, 5.74) is -0.928. The highest BCUT2D eigenvalue weighted by Gasteiger charge is 2.31. The van der Waals surface area contributed by atoms with Gasteiger partial charge >= 0.3 is 6.18 Å². The molecule has 0 aromatic heterocycles. The van der Waals surface area contributed by atoms with Crippen LogP contribution in [0.5, 0.6) is 11.5 Å². The minimum Gasteiger partial charge on any atom is -0.457 e. The number of anilines is 1. The zero-order valence-corrected chi connectivity index (χ0v) is 15.9. The Balaban J connectivity index is 1.74. The summed E-state index contributed by atoms with van der Waals surface area (Å²) in [6, 6.07) is 12.5. The number of halogens is 6. The lowest BCUT2D eigenvalue weighted by atomic mass is 10.2. The molecule has 0 aliphatic heterocycles. The van der Waals surface area contributed by atoms with Gasteiger partial charge < -0.3 is 10.1 Å². The maximum absolute atomic E-state index is 13.8. The second-order valence-corrected chi connectivity index (χ2v) is 6.69. The second-order valence-electron chi connectivity index (χ2n) is 5.85. The number of hydrogen-bond donors (Lipinski definition) is 1. The van der Waals surface area contributed by atoms with Crippen molar-refractivity contribution >= 4 is 34.8 Å². The number of nitrogens with one attached hydrogen (secondary N) is 1. The molecule has 1 amide bonds. The number of hydrogen-bond acceptors (Lipinski definition) is 2. The lowest BCUT2D eigenvalue weighted by Gasteiger charge is -2.12. The van der Waals surface area contributed by atoms with Crippen LogP contribution in [0.4, 0.5) is 23.2 Å². The van der Waals surface area contributed by atoms with E-state index in [1.165, 1.54) is 42.5 Å². The van der Waals surface area contributed by atoms with Crippen LogP contribution in [0, 0.1) is 5.82 Å². The van der Waals surface area contributed by atoms with E-state index in [0.29, 0.717) is 5.69 Å². The Morgan fingerprint density at radius 1 is 0.931 bits per heavy atom. The summed E-state index contributed by atoms with van der Waals surface area (Å²) in [4.78, 5) is 12.2. The zero-order valence-electron chi connectivity index (χ0n) is 14.4. The Kier molecular flexibility index (Phi) is 6.00. The first-order valence-electron chi connectivity index (χ1n) is 8.04. The van der Waals surface area contributed by atoms with Gasteiger partial charge in [0.2, 0.25) is 0 Å². The van der Waals surface area contributed by atoms with Gasteiger partial charge in [0, 0.05) is 10.7 Å². The van der Waals surface area contributed by atoms with Crippen LogP contribution in [0.25, 0.3) is 0 Å². The molecule has 0 saturated heterocycles. The monoisotopic (exact) mass is 443 g/mol. The molecule has 0 fully saturated rings. The molecule has 3 aromatic carbocycles. The van der Waals surface area contributed by atoms with Crippen LogP contribution in [0.1, 0.15) is 15.9 Å². The zero-order chi connectivity index (χ0) is 21.2. The number of rotatable bonds is 4. The van der Waals surface area contributed by atoms with Crippen LogP contribution in [0.3, 0.4) is 0 Å². The van der Waals surface area contributed by atoms with Gasteiger partial charge in [-0.1, -0.05) is 29.3 Å². The third kappa shape index (κ3) is 5.19. The van der Waals surface area contributed by atoms with Crippen molar-refractivity contribution in [2.24, 2.45) is 0 Å². The van der Waals surface area contributed by atoms with Crippen molar-refractivity contribution in [2.45, 2.75) is 6.18 Å². The summed E-state index contributed by atoms with van der Waals surface area (Å²) in [6.45, 7) is 0. The molecular weight excluding hydrogens is 433 g/mol. The molecule has 0 unspecified atom stereocenters. The number of benzene rings is 3. The van der Waals surface area contributed by atoms with Gasteiger partial charge in [-0.05, 0) is 54.6 Å². The van der Waals surface area contributed by atoms with Crippen molar-refractivity contribution < 1.29 is 27.1 Å². The largest absolute Gasteiger partial charge is 0.457 e. The first-order chi connectivity index (χ1) is 13.6. The fourth-order valence-electron chi connectivity index (χ4n) is 2.44. The minimum absolute atomic E-state index is 0.0381. The van der Waals surface area contributed by atoms with Crippen molar-refractivity contribution in [3.8, 4) is 11.5 Å². The Bertz CT molecular complexity index is 1030. The van der Waals surface area contributed by atoms with Crippen LogP contribution < -0.4 is 10.1 Å². The van der Waals surface area contributed by atoms with Gasteiger partial charge in [0.15, 0.2) is 0 Å². The average Bonchev–Trinajstić information content (AvgIpc) is 2.62. The number of alkyl halides is 3. The normalized spacial score (nSPS) is 11.2. The summed E-state index contributed by atoms with van der Waals surface area (Å²) >= 11 is 11.6. The van der Waals surface area contributed by atoms with Gasteiger partial charge in [0.25, 0.3) is 5.91 Å². The lowest BCUT2D eigenvalue weighted by molar-refractivity contribution is -0.137. The summed E-state index contributed by atoms with van der Waals surface area (Å²) in [7, 11) is 0.